The molecule has 14 heavy (non-hydrogen) atoms. The molecule has 0 unspecified atom stereocenters. The van der Waals surface area contributed by atoms with Gasteiger partial charge in [0.25, 0.3) is 0 Å². The summed E-state index contributed by atoms with van der Waals surface area (Å²) in [7, 11) is -7.18. The maximum Gasteiger partial charge on any atom is 0.226 e. The number of nitrogens with one attached hydrogen (secondary N) is 1. The molecular formula is C7H15NO4S2. The molecule has 0 spiro atoms. The second-order valence-electron chi connectivity index (χ2n) is 2.91. The van der Waals surface area contributed by atoms with E-state index in [0.717, 1.165) is 6.26 Å². The highest BCUT2D eigenvalue weighted by atomic mass is 32.3. The molecule has 0 amide bonds. The SMILES string of the molecule is C/C=C/CCNS(=O)(=O)CS(C)(=O)=O. The van der Waals surface area contributed by atoms with Gasteiger partial charge in [-0.2, -0.15) is 0 Å². The van der Waals surface area contributed by atoms with Gasteiger partial charge in [-0.25, -0.2) is 21.6 Å². The third-order valence-electron chi connectivity index (χ3n) is 1.24. The van der Waals surface area contributed by atoms with Crippen LogP contribution in [0.4, 0.5) is 0 Å². The van der Waals surface area contributed by atoms with Crippen LogP contribution in [0.2, 0.25) is 0 Å². The van der Waals surface area contributed by atoms with Crippen LogP contribution in [-0.2, 0) is 19.9 Å². The van der Waals surface area contributed by atoms with Crippen LogP contribution >= 0.6 is 0 Å². The van der Waals surface area contributed by atoms with Crippen molar-refractivity contribution in [1.82, 2.24) is 4.72 Å². The lowest BCUT2D eigenvalue weighted by atomic mass is 10.4. The molecule has 0 bridgehead atoms. The molecule has 0 fully saturated rings. The van der Waals surface area contributed by atoms with E-state index < -0.39 is 24.9 Å². The van der Waals surface area contributed by atoms with E-state index in [9.17, 15) is 16.8 Å². The molecular weight excluding hydrogens is 226 g/mol. The Morgan fingerprint density at radius 2 is 1.79 bits per heavy atom. The van der Waals surface area contributed by atoms with Crippen molar-refractivity contribution >= 4 is 19.9 Å². The molecule has 0 saturated carbocycles. The van der Waals surface area contributed by atoms with Crippen LogP contribution in [-0.4, -0.2) is 34.7 Å². The van der Waals surface area contributed by atoms with E-state index in [1.54, 1.807) is 12.2 Å². The largest absolute Gasteiger partial charge is 0.228 e. The Bertz CT molecular complexity index is 380. The van der Waals surface area contributed by atoms with Crippen molar-refractivity contribution in [1.29, 1.82) is 0 Å². The summed E-state index contributed by atoms with van der Waals surface area (Å²) in [5.41, 5.74) is 0. The Balaban J connectivity index is 4.11. The van der Waals surface area contributed by atoms with Gasteiger partial charge in [0.05, 0.1) is 0 Å². The number of rotatable bonds is 6. The summed E-state index contributed by atoms with van der Waals surface area (Å²) in [6, 6.07) is 0. The van der Waals surface area contributed by atoms with Crippen LogP contribution in [0.1, 0.15) is 13.3 Å². The van der Waals surface area contributed by atoms with E-state index in [1.165, 1.54) is 0 Å². The highest BCUT2D eigenvalue weighted by Crippen LogP contribution is 1.92. The average Bonchev–Trinajstić information content (AvgIpc) is 1.93. The van der Waals surface area contributed by atoms with Crippen LogP contribution in [0.25, 0.3) is 0 Å². The zero-order valence-electron chi connectivity index (χ0n) is 8.23. The highest BCUT2D eigenvalue weighted by Gasteiger charge is 2.16. The van der Waals surface area contributed by atoms with E-state index in [0.29, 0.717) is 6.42 Å². The molecule has 5 nitrogen and oxygen atoms in total. The van der Waals surface area contributed by atoms with Gasteiger partial charge in [-0.15, -0.1) is 0 Å². The molecule has 84 valence electrons. The van der Waals surface area contributed by atoms with Crippen LogP contribution in [0.15, 0.2) is 12.2 Å². The Hall–Kier alpha value is -0.400. The van der Waals surface area contributed by atoms with Gasteiger partial charge in [0, 0.05) is 12.8 Å². The normalized spacial score (nSPS) is 13.6. The fourth-order valence-electron chi connectivity index (χ4n) is 0.788. The van der Waals surface area contributed by atoms with Gasteiger partial charge in [-0.3, -0.25) is 0 Å². The molecule has 7 heteroatoms. The first-order valence-electron chi connectivity index (χ1n) is 4.03. The molecule has 0 aromatic heterocycles. The molecule has 0 heterocycles. The Morgan fingerprint density at radius 1 is 1.21 bits per heavy atom. The van der Waals surface area contributed by atoms with Gasteiger partial charge < -0.3 is 0 Å². The molecule has 0 aromatic carbocycles. The van der Waals surface area contributed by atoms with Crippen molar-refractivity contribution in [3.63, 3.8) is 0 Å². The summed E-state index contributed by atoms with van der Waals surface area (Å²) in [6.45, 7) is 2.05. The zero-order valence-corrected chi connectivity index (χ0v) is 9.86. The smallest absolute Gasteiger partial charge is 0.226 e. The summed E-state index contributed by atoms with van der Waals surface area (Å²) in [6.07, 6.45) is 5.03. The quantitative estimate of drug-likeness (QED) is 0.519. The van der Waals surface area contributed by atoms with Gasteiger partial charge in [0.15, 0.2) is 14.9 Å². The highest BCUT2D eigenvalue weighted by molar-refractivity contribution is 8.06. The van der Waals surface area contributed by atoms with Gasteiger partial charge in [-0.05, 0) is 13.3 Å². The maximum atomic E-state index is 11.1. The summed E-state index contributed by atoms with van der Waals surface area (Å²) >= 11 is 0. The third-order valence-corrected chi connectivity index (χ3v) is 4.84. The number of allylic oxidation sites excluding steroid dienone is 1. The molecule has 0 aliphatic heterocycles. The van der Waals surface area contributed by atoms with Gasteiger partial charge in [0.2, 0.25) is 10.0 Å². The zero-order chi connectivity index (χ0) is 11.2. The van der Waals surface area contributed by atoms with Crippen molar-refractivity contribution in [2.45, 2.75) is 13.3 Å². The summed E-state index contributed by atoms with van der Waals surface area (Å²) in [5, 5.41) is -0.851. The molecule has 0 saturated heterocycles. The van der Waals surface area contributed by atoms with Crippen molar-refractivity contribution in [3.05, 3.63) is 12.2 Å². The van der Waals surface area contributed by atoms with E-state index >= 15 is 0 Å². The third kappa shape index (κ3) is 8.21. The molecule has 0 rings (SSSR count). The average molecular weight is 241 g/mol. The first kappa shape index (κ1) is 13.6. The fraction of sp³-hybridized carbons (Fsp3) is 0.714. The summed E-state index contributed by atoms with van der Waals surface area (Å²) in [5.74, 6) is 0. The number of hydrogen-bond donors (Lipinski definition) is 1. The second kappa shape index (κ2) is 5.47. The van der Waals surface area contributed by atoms with Crippen LogP contribution < -0.4 is 4.72 Å². The number of hydrogen-bond acceptors (Lipinski definition) is 4. The minimum Gasteiger partial charge on any atom is -0.228 e. The van der Waals surface area contributed by atoms with Crippen molar-refractivity contribution in [3.8, 4) is 0 Å². The predicted octanol–water partition coefficient (Wildman–Crippen LogP) is -0.126. The summed E-state index contributed by atoms with van der Waals surface area (Å²) < 4.78 is 45.8. The molecule has 1 N–H and O–H groups in total. The predicted molar refractivity (Wildman–Crippen MR) is 56.1 cm³/mol. The Kier molecular flexibility index (Phi) is 5.32. The van der Waals surface area contributed by atoms with Crippen LogP contribution in [0.3, 0.4) is 0 Å². The van der Waals surface area contributed by atoms with Crippen molar-refractivity contribution < 1.29 is 16.8 Å². The molecule has 0 aliphatic rings. The standard InChI is InChI=1S/C7H15NO4S2/c1-3-4-5-6-8-14(11,12)7-13(2,9)10/h3-4,8H,5-7H2,1-2H3/b4-3+. The van der Waals surface area contributed by atoms with E-state index in [1.807, 2.05) is 6.92 Å². The van der Waals surface area contributed by atoms with E-state index in [2.05, 4.69) is 4.72 Å². The van der Waals surface area contributed by atoms with Gasteiger partial charge in [-0.1, -0.05) is 12.2 Å². The molecule has 0 aromatic rings. The second-order valence-corrected chi connectivity index (χ2v) is 7.22. The molecule has 0 aliphatic carbocycles. The maximum absolute atomic E-state index is 11.1. The molecule has 0 radical (unpaired) electrons. The summed E-state index contributed by atoms with van der Waals surface area (Å²) in [4.78, 5) is 0. The van der Waals surface area contributed by atoms with Crippen LogP contribution in [0.5, 0.6) is 0 Å². The lowest BCUT2D eigenvalue weighted by Gasteiger charge is -2.03. The lowest BCUT2D eigenvalue weighted by Crippen LogP contribution is -2.30. The lowest BCUT2D eigenvalue weighted by molar-refractivity contribution is 0.581. The van der Waals surface area contributed by atoms with Gasteiger partial charge in [0.1, 0.15) is 0 Å². The van der Waals surface area contributed by atoms with E-state index in [-0.39, 0.29) is 6.54 Å². The minimum atomic E-state index is -3.69. The van der Waals surface area contributed by atoms with Crippen LogP contribution in [0, 0.1) is 0 Å². The Morgan fingerprint density at radius 3 is 2.21 bits per heavy atom. The minimum absolute atomic E-state index is 0.224. The number of sulfone groups is 1. The first-order chi connectivity index (χ1) is 6.27. The fourth-order valence-corrected chi connectivity index (χ4v) is 3.80. The monoisotopic (exact) mass is 241 g/mol. The van der Waals surface area contributed by atoms with Crippen molar-refractivity contribution in [2.24, 2.45) is 0 Å². The first-order valence-corrected chi connectivity index (χ1v) is 7.74. The topological polar surface area (TPSA) is 80.3 Å². The van der Waals surface area contributed by atoms with Crippen molar-refractivity contribution in [2.75, 3.05) is 17.9 Å². The van der Waals surface area contributed by atoms with E-state index in [4.69, 9.17) is 0 Å². The van der Waals surface area contributed by atoms with Gasteiger partial charge >= 0.3 is 0 Å². The Labute approximate surface area is 85.2 Å². The molecule has 0 atom stereocenters. The number of sulfonamides is 1.